The highest BCUT2D eigenvalue weighted by Gasteiger charge is 2.37. The summed E-state index contributed by atoms with van der Waals surface area (Å²) in [5.74, 6) is 0. The van der Waals surface area contributed by atoms with Gasteiger partial charge in [-0.3, -0.25) is 0 Å². The minimum Gasteiger partial charge on any atom is -0.450 e. The van der Waals surface area contributed by atoms with Crippen molar-refractivity contribution in [2.75, 3.05) is 78.8 Å². The minimum absolute atomic E-state index is 0.320. The van der Waals surface area contributed by atoms with Crippen LogP contribution in [0.2, 0.25) is 12.1 Å². The van der Waals surface area contributed by atoms with Gasteiger partial charge in [-0.1, -0.05) is 84.9 Å². The zero-order chi connectivity index (χ0) is 54.2. The lowest BCUT2D eigenvalue weighted by atomic mass is 10.1. The summed E-state index contributed by atoms with van der Waals surface area (Å²) in [6, 6.07) is 52.7. The van der Waals surface area contributed by atoms with E-state index in [0.717, 1.165) is 69.2 Å². The van der Waals surface area contributed by atoms with Crippen LogP contribution < -0.4 is 20.4 Å². The summed E-state index contributed by atoms with van der Waals surface area (Å²) in [5, 5.41) is 5.60. The Bertz CT molecular complexity index is 2520. The highest BCUT2D eigenvalue weighted by molar-refractivity contribution is 6.60. The molecule has 0 fully saturated rings. The van der Waals surface area contributed by atoms with Crippen molar-refractivity contribution < 1.29 is 45.6 Å². The number of carbonyl (C=O) groups excluding carboxylic acids is 2. The molecule has 0 aliphatic carbocycles. The monoisotopic (exact) mass is 1070 g/mol. The van der Waals surface area contributed by atoms with E-state index < -0.39 is 29.8 Å². The molecule has 0 aromatic heterocycles. The third-order valence-corrected chi connectivity index (χ3v) is 18.8. The van der Waals surface area contributed by atoms with Gasteiger partial charge in [0, 0.05) is 102 Å². The van der Waals surface area contributed by atoms with Crippen LogP contribution in [0.3, 0.4) is 0 Å². The fourth-order valence-electron chi connectivity index (χ4n) is 8.80. The van der Waals surface area contributed by atoms with Crippen molar-refractivity contribution in [3.63, 3.8) is 0 Å². The molecule has 6 rings (SSSR count). The maximum atomic E-state index is 12.3. The molecule has 14 nitrogen and oxygen atoms in total. The molecule has 0 bridgehead atoms. The largest absolute Gasteiger partial charge is 0.500 e. The topological polar surface area (TPSA) is 139 Å². The van der Waals surface area contributed by atoms with Crippen molar-refractivity contribution in [2.45, 2.75) is 64.5 Å². The van der Waals surface area contributed by atoms with Crippen LogP contribution in [-0.4, -0.2) is 98.8 Å². The van der Waals surface area contributed by atoms with Gasteiger partial charge in [-0.15, -0.1) is 0 Å². The Morgan fingerprint density at radius 1 is 0.434 bits per heavy atom. The Morgan fingerprint density at radius 3 is 1.08 bits per heavy atom. The second-order valence-corrected chi connectivity index (χ2v) is 24.5. The number of hydrogen-bond acceptors (Lipinski definition) is 12. The summed E-state index contributed by atoms with van der Waals surface area (Å²) < 4.78 is 43.5. The molecule has 6 aromatic rings. The summed E-state index contributed by atoms with van der Waals surface area (Å²) in [5.41, 5.74) is 13.2. The Hall–Kier alpha value is -6.61. The van der Waals surface area contributed by atoms with E-state index in [9.17, 15) is 9.59 Å². The van der Waals surface area contributed by atoms with Crippen LogP contribution in [0.1, 0.15) is 59.1 Å². The third kappa shape index (κ3) is 17.5. The molecule has 0 saturated carbocycles. The lowest BCUT2D eigenvalue weighted by Gasteiger charge is -2.26. The SMILES string of the molecule is CO[Si](CCCNC(=O)OCCCc1ccc(N(c2ccc(/C=C/c3ccc(N(c4ccc(CCCOC(=O)NCCC[Si](OC)(OC)OC)cc4)c4cccc(C)c4)cc3)cc2)c2cccc(C)c2)cc1)(OC)OC. The Kier molecular flexibility index (Phi) is 23.3. The van der Waals surface area contributed by atoms with Gasteiger partial charge in [0.15, 0.2) is 0 Å². The van der Waals surface area contributed by atoms with Crippen molar-refractivity contribution in [1.82, 2.24) is 10.6 Å². The first-order valence-electron chi connectivity index (χ1n) is 25.9. The van der Waals surface area contributed by atoms with Gasteiger partial charge in [0.25, 0.3) is 0 Å². The van der Waals surface area contributed by atoms with E-state index >= 15 is 0 Å². The molecule has 76 heavy (non-hydrogen) atoms. The van der Waals surface area contributed by atoms with Crippen molar-refractivity contribution in [3.05, 3.63) is 179 Å². The number of alkyl carbamates (subject to hydrolysis) is 2. The lowest BCUT2D eigenvalue weighted by Crippen LogP contribution is -2.43. The molecule has 0 spiro atoms. The van der Waals surface area contributed by atoms with E-state index in [1.807, 2.05) is 0 Å². The third-order valence-electron chi connectivity index (χ3n) is 13.1. The second-order valence-electron chi connectivity index (χ2n) is 18.3. The van der Waals surface area contributed by atoms with Crippen LogP contribution in [0.25, 0.3) is 12.2 Å². The Labute approximate surface area is 452 Å². The average Bonchev–Trinajstić information content (AvgIpc) is 3.45. The van der Waals surface area contributed by atoms with E-state index in [0.29, 0.717) is 64.1 Å². The molecule has 0 atom stereocenters. The minimum atomic E-state index is -2.67. The summed E-state index contributed by atoms with van der Waals surface area (Å²) in [6.07, 6.45) is 7.70. The number of anilines is 6. The number of aryl methyl sites for hydroxylation is 4. The first-order chi connectivity index (χ1) is 36.9. The van der Waals surface area contributed by atoms with Crippen LogP contribution in [0.15, 0.2) is 146 Å². The van der Waals surface area contributed by atoms with Gasteiger partial charge in [0.2, 0.25) is 0 Å². The van der Waals surface area contributed by atoms with Crippen LogP contribution in [0.4, 0.5) is 43.7 Å². The molecule has 6 aromatic carbocycles. The predicted molar refractivity (Wildman–Crippen MR) is 308 cm³/mol. The number of ether oxygens (including phenoxy) is 2. The Morgan fingerprint density at radius 2 is 0.763 bits per heavy atom. The summed E-state index contributed by atoms with van der Waals surface area (Å²) in [7, 11) is 4.15. The first-order valence-corrected chi connectivity index (χ1v) is 29.7. The standard InChI is InChI=1S/C60H76N4O10Si2/c1-47-15-9-19-57(45-47)63(53-31-23-49(24-32-53)17-11-41-73-59(65)61-39-13-43-75(67-3,68-4)69-5)55-35-27-51(28-36-55)21-22-52-29-37-56(38-30-52)64(58-20-10-16-48(2)46-58)54-33-25-50(26-34-54)18-12-42-74-60(66)62-40-14-44-76(70-6,71-7)72-8/h9-10,15-16,19-38,45-46H,11-14,17-18,39-44H2,1-8H3,(H,61,65)(H,62,66)/b22-21+. The molecular weight excluding hydrogens is 993 g/mol. The van der Waals surface area contributed by atoms with Gasteiger partial charge in [-0.25, -0.2) is 9.59 Å². The second kappa shape index (κ2) is 30.2. The Balaban J connectivity index is 1.03. The highest BCUT2D eigenvalue weighted by atomic mass is 28.4. The van der Waals surface area contributed by atoms with Crippen molar-refractivity contribution >= 4 is 76.1 Å². The van der Waals surface area contributed by atoms with Gasteiger partial charge in [0.05, 0.1) is 13.2 Å². The summed E-state index contributed by atoms with van der Waals surface area (Å²) in [4.78, 5) is 29.1. The van der Waals surface area contributed by atoms with E-state index in [4.69, 9.17) is 36.0 Å². The number of hydrogen-bond donors (Lipinski definition) is 2. The van der Waals surface area contributed by atoms with Crippen LogP contribution in [0, 0.1) is 13.8 Å². The molecule has 0 aliphatic rings. The van der Waals surface area contributed by atoms with Gasteiger partial charge in [-0.05, 0) is 159 Å². The number of nitrogens with zero attached hydrogens (tertiary/aromatic N) is 2. The maximum absolute atomic E-state index is 12.3. The van der Waals surface area contributed by atoms with E-state index in [-0.39, 0.29) is 0 Å². The van der Waals surface area contributed by atoms with Gasteiger partial charge >= 0.3 is 29.8 Å². The van der Waals surface area contributed by atoms with E-state index in [2.05, 4.69) is 192 Å². The highest BCUT2D eigenvalue weighted by Crippen LogP contribution is 2.37. The predicted octanol–water partition coefficient (Wildman–Crippen LogP) is 13.3. The lowest BCUT2D eigenvalue weighted by molar-refractivity contribution is 0.122. The fourth-order valence-corrected chi connectivity index (χ4v) is 12.2. The summed E-state index contributed by atoms with van der Waals surface area (Å²) >= 11 is 0. The van der Waals surface area contributed by atoms with Crippen molar-refractivity contribution in [2.24, 2.45) is 0 Å². The first kappa shape index (κ1) is 58.7. The van der Waals surface area contributed by atoms with Crippen LogP contribution >= 0.6 is 0 Å². The molecule has 16 heteroatoms. The quantitative estimate of drug-likeness (QED) is 0.0252. The average molecular weight is 1070 g/mol. The molecule has 0 heterocycles. The normalized spacial score (nSPS) is 11.6. The fraction of sp³-hybridized carbons (Fsp3) is 0.333. The smallest absolute Gasteiger partial charge is 0.450 e. The summed E-state index contributed by atoms with van der Waals surface area (Å²) in [6.45, 7) is 5.75. The van der Waals surface area contributed by atoms with E-state index in [1.54, 1.807) is 42.7 Å². The molecule has 2 amide bonds. The molecule has 0 saturated heterocycles. The van der Waals surface area contributed by atoms with Crippen LogP contribution in [-0.2, 0) is 48.9 Å². The number of benzene rings is 6. The van der Waals surface area contributed by atoms with Gasteiger partial charge < -0.3 is 56.5 Å². The molecule has 404 valence electrons. The number of carbonyl (C=O) groups is 2. The number of rotatable bonds is 30. The van der Waals surface area contributed by atoms with Gasteiger partial charge in [0.1, 0.15) is 0 Å². The van der Waals surface area contributed by atoms with Crippen LogP contribution in [0.5, 0.6) is 0 Å². The molecule has 0 aliphatic heterocycles. The number of nitrogens with one attached hydrogen (secondary N) is 2. The molecular formula is C60H76N4O10Si2. The number of amides is 2. The van der Waals surface area contributed by atoms with Crippen molar-refractivity contribution in [1.29, 1.82) is 0 Å². The van der Waals surface area contributed by atoms with Crippen molar-refractivity contribution in [3.8, 4) is 0 Å². The molecule has 2 N–H and O–H groups in total. The van der Waals surface area contributed by atoms with Gasteiger partial charge in [-0.2, -0.15) is 0 Å². The zero-order valence-electron chi connectivity index (χ0n) is 45.5. The molecule has 0 radical (unpaired) electrons. The van der Waals surface area contributed by atoms with E-state index in [1.165, 1.54) is 11.1 Å². The maximum Gasteiger partial charge on any atom is 0.500 e. The zero-order valence-corrected chi connectivity index (χ0v) is 47.5. The molecule has 0 unspecified atom stereocenters.